The Balaban J connectivity index is 1.69. The normalized spacial score (nSPS) is 17.9. The van der Waals surface area contributed by atoms with Crippen molar-refractivity contribution in [3.05, 3.63) is 35.7 Å². The fourth-order valence-corrected chi connectivity index (χ4v) is 3.42. The molecule has 0 radical (unpaired) electrons. The maximum Gasteiger partial charge on any atom is 0.231 e. The van der Waals surface area contributed by atoms with E-state index in [2.05, 4.69) is 50.0 Å². The Morgan fingerprint density at radius 2 is 1.96 bits per heavy atom. The SMILES string of the molecule is CC(C)CC(=O)N1CCCC(c2nc(-c3ccc(C(C)C)cc3)no2)C1. The molecular weight excluding hydrogens is 326 g/mol. The topological polar surface area (TPSA) is 59.2 Å². The van der Waals surface area contributed by atoms with Crippen LogP contribution < -0.4 is 0 Å². The summed E-state index contributed by atoms with van der Waals surface area (Å²) in [7, 11) is 0. The van der Waals surface area contributed by atoms with Gasteiger partial charge in [-0.25, -0.2) is 0 Å². The minimum atomic E-state index is 0.135. The van der Waals surface area contributed by atoms with Crippen LogP contribution >= 0.6 is 0 Å². The van der Waals surface area contributed by atoms with Crippen LogP contribution in [0.4, 0.5) is 0 Å². The van der Waals surface area contributed by atoms with Gasteiger partial charge in [0.05, 0.1) is 5.92 Å². The minimum Gasteiger partial charge on any atom is -0.342 e. The Hall–Kier alpha value is -2.17. The molecule has 0 aliphatic carbocycles. The molecule has 0 spiro atoms. The molecule has 2 heterocycles. The van der Waals surface area contributed by atoms with E-state index >= 15 is 0 Å². The quantitative estimate of drug-likeness (QED) is 0.786. The van der Waals surface area contributed by atoms with Crippen LogP contribution in [0.15, 0.2) is 28.8 Å². The molecule has 1 aliphatic heterocycles. The predicted molar refractivity (Wildman–Crippen MR) is 102 cm³/mol. The predicted octanol–water partition coefficient (Wildman–Crippen LogP) is 4.61. The van der Waals surface area contributed by atoms with E-state index < -0.39 is 0 Å². The number of hydrogen-bond donors (Lipinski definition) is 0. The van der Waals surface area contributed by atoms with Crippen LogP contribution in [-0.2, 0) is 4.79 Å². The summed E-state index contributed by atoms with van der Waals surface area (Å²) in [5.41, 5.74) is 2.26. The van der Waals surface area contributed by atoms with Crippen molar-refractivity contribution in [1.82, 2.24) is 15.0 Å². The fourth-order valence-electron chi connectivity index (χ4n) is 3.42. The van der Waals surface area contributed by atoms with E-state index in [1.807, 2.05) is 17.0 Å². The molecule has 1 aromatic heterocycles. The Labute approximate surface area is 155 Å². The van der Waals surface area contributed by atoms with Gasteiger partial charge in [0.25, 0.3) is 0 Å². The highest BCUT2D eigenvalue weighted by atomic mass is 16.5. The first kappa shape index (κ1) is 18.6. The summed E-state index contributed by atoms with van der Waals surface area (Å²) in [5.74, 6) is 2.52. The zero-order valence-electron chi connectivity index (χ0n) is 16.2. The van der Waals surface area contributed by atoms with Gasteiger partial charge in [0.2, 0.25) is 17.6 Å². The highest BCUT2D eigenvalue weighted by Crippen LogP contribution is 2.28. The van der Waals surface area contributed by atoms with Crippen LogP contribution in [0, 0.1) is 5.92 Å². The lowest BCUT2D eigenvalue weighted by Gasteiger charge is -2.31. The molecule has 140 valence electrons. The molecule has 1 fully saturated rings. The van der Waals surface area contributed by atoms with E-state index in [4.69, 9.17) is 4.52 Å². The minimum absolute atomic E-state index is 0.135. The van der Waals surface area contributed by atoms with E-state index in [1.54, 1.807) is 0 Å². The molecule has 1 unspecified atom stereocenters. The average Bonchev–Trinajstić information content (AvgIpc) is 3.11. The molecule has 26 heavy (non-hydrogen) atoms. The lowest BCUT2D eigenvalue weighted by Crippen LogP contribution is -2.39. The second-order valence-electron chi connectivity index (χ2n) is 8.01. The van der Waals surface area contributed by atoms with Gasteiger partial charge in [-0.15, -0.1) is 0 Å². The van der Waals surface area contributed by atoms with Gasteiger partial charge in [0.1, 0.15) is 0 Å². The standard InChI is InChI=1S/C21H29N3O2/c1-14(2)12-19(25)24-11-5-6-18(13-24)21-22-20(23-26-21)17-9-7-16(8-10-17)15(3)4/h7-10,14-15,18H,5-6,11-13H2,1-4H3. The third kappa shape index (κ3) is 4.32. The van der Waals surface area contributed by atoms with E-state index in [9.17, 15) is 4.79 Å². The summed E-state index contributed by atoms with van der Waals surface area (Å²) >= 11 is 0. The summed E-state index contributed by atoms with van der Waals surface area (Å²) < 4.78 is 5.55. The first-order chi connectivity index (χ1) is 12.4. The first-order valence-electron chi connectivity index (χ1n) is 9.65. The highest BCUT2D eigenvalue weighted by molar-refractivity contribution is 5.76. The molecule has 0 saturated carbocycles. The molecule has 2 aromatic rings. The van der Waals surface area contributed by atoms with Crippen molar-refractivity contribution in [2.75, 3.05) is 13.1 Å². The Morgan fingerprint density at radius 3 is 2.62 bits per heavy atom. The number of benzene rings is 1. The largest absolute Gasteiger partial charge is 0.342 e. The molecule has 5 nitrogen and oxygen atoms in total. The molecule has 0 bridgehead atoms. The molecule has 5 heteroatoms. The zero-order valence-corrected chi connectivity index (χ0v) is 16.2. The molecule has 1 aromatic carbocycles. The van der Waals surface area contributed by atoms with Gasteiger partial charge in [-0.05, 0) is 30.2 Å². The van der Waals surface area contributed by atoms with Crippen LogP contribution in [0.2, 0.25) is 0 Å². The lowest BCUT2D eigenvalue weighted by molar-refractivity contribution is -0.133. The second kappa shape index (κ2) is 8.02. The third-order valence-corrected chi connectivity index (χ3v) is 4.98. The first-order valence-corrected chi connectivity index (χ1v) is 9.65. The zero-order chi connectivity index (χ0) is 18.7. The van der Waals surface area contributed by atoms with Crippen molar-refractivity contribution in [2.24, 2.45) is 5.92 Å². The van der Waals surface area contributed by atoms with Crippen molar-refractivity contribution in [3.8, 4) is 11.4 Å². The number of carbonyl (C=O) groups excluding carboxylic acids is 1. The molecule has 1 aliphatic rings. The van der Waals surface area contributed by atoms with Crippen molar-refractivity contribution >= 4 is 5.91 Å². The summed E-state index contributed by atoms with van der Waals surface area (Å²) in [6, 6.07) is 8.32. The molecular formula is C21H29N3O2. The van der Waals surface area contributed by atoms with Crippen LogP contribution in [-0.4, -0.2) is 34.0 Å². The molecule has 3 rings (SSSR count). The molecule has 0 N–H and O–H groups in total. The van der Waals surface area contributed by atoms with Gasteiger partial charge in [-0.2, -0.15) is 4.98 Å². The molecule has 1 saturated heterocycles. The number of hydrogen-bond acceptors (Lipinski definition) is 4. The smallest absolute Gasteiger partial charge is 0.231 e. The number of nitrogens with zero attached hydrogens (tertiary/aromatic N) is 3. The summed E-state index contributed by atoms with van der Waals surface area (Å²) in [6.45, 7) is 10.0. The van der Waals surface area contributed by atoms with E-state index in [0.29, 0.717) is 36.5 Å². The van der Waals surface area contributed by atoms with E-state index in [0.717, 1.165) is 24.9 Å². The number of likely N-dealkylation sites (tertiary alicyclic amines) is 1. The summed E-state index contributed by atoms with van der Waals surface area (Å²) in [4.78, 5) is 18.9. The van der Waals surface area contributed by atoms with Gasteiger partial charge in [-0.1, -0.05) is 57.1 Å². The van der Waals surface area contributed by atoms with E-state index in [1.165, 1.54) is 5.56 Å². The van der Waals surface area contributed by atoms with Gasteiger partial charge in [0.15, 0.2) is 0 Å². The second-order valence-corrected chi connectivity index (χ2v) is 8.01. The van der Waals surface area contributed by atoms with Gasteiger partial charge in [0, 0.05) is 25.1 Å². The Kier molecular flexibility index (Phi) is 5.74. The van der Waals surface area contributed by atoms with Crippen LogP contribution in [0.3, 0.4) is 0 Å². The number of rotatable bonds is 5. The highest BCUT2D eigenvalue weighted by Gasteiger charge is 2.28. The van der Waals surface area contributed by atoms with Crippen molar-refractivity contribution in [1.29, 1.82) is 0 Å². The van der Waals surface area contributed by atoms with Crippen molar-refractivity contribution in [3.63, 3.8) is 0 Å². The van der Waals surface area contributed by atoms with Crippen LogP contribution in [0.5, 0.6) is 0 Å². The maximum absolute atomic E-state index is 12.4. The maximum atomic E-state index is 12.4. The van der Waals surface area contributed by atoms with Gasteiger partial charge >= 0.3 is 0 Å². The summed E-state index contributed by atoms with van der Waals surface area (Å²) in [5, 5.41) is 4.16. The Bertz CT molecular complexity index is 734. The summed E-state index contributed by atoms with van der Waals surface area (Å²) in [6.07, 6.45) is 2.57. The molecule has 1 amide bonds. The Morgan fingerprint density at radius 1 is 1.23 bits per heavy atom. The molecule has 1 atom stereocenters. The lowest BCUT2D eigenvalue weighted by atomic mass is 9.97. The van der Waals surface area contributed by atoms with E-state index in [-0.39, 0.29) is 11.8 Å². The van der Waals surface area contributed by atoms with Crippen LogP contribution in [0.1, 0.15) is 70.2 Å². The van der Waals surface area contributed by atoms with Crippen molar-refractivity contribution in [2.45, 2.75) is 58.8 Å². The van der Waals surface area contributed by atoms with Crippen LogP contribution in [0.25, 0.3) is 11.4 Å². The van der Waals surface area contributed by atoms with Gasteiger partial charge in [-0.3, -0.25) is 4.79 Å². The number of carbonyl (C=O) groups is 1. The van der Waals surface area contributed by atoms with Gasteiger partial charge < -0.3 is 9.42 Å². The number of piperidine rings is 1. The fraction of sp³-hybridized carbons (Fsp3) is 0.571. The number of amides is 1. The average molecular weight is 355 g/mol. The monoisotopic (exact) mass is 355 g/mol. The number of aromatic nitrogens is 2. The third-order valence-electron chi connectivity index (χ3n) is 4.98. The van der Waals surface area contributed by atoms with Crippen molar-refractivity contribution < 1.29 is 9.32 Å².